The van der Waals surface area contributed by atoms with Gasteiger partial charge < -0.3 is 30.6 Å². The Morgan fingerprint density at radius 1 is 0.705 bits per heavy atom. The van der Waals surface area contributed by atoms with E-state index >= 15 is 0 Å². The van der Waals surface area contributed by atoms with Crippen LogP contribution in [-0.2, 0) is 22.3 Å². The van der Waals surface area contributed by atoms with Gasteiger partial charge in [0.05, 0.1) is 0 Å². The average Bonchev–Trinajstić information content (AvgIpc) is 3.20. The van der Waals surface area contributed by atoms with Gasteiger partial charge in [-0.15, -0.1) is 0 Å². The number of rotatable bonds is 11. The van der Waals surface area contributed by atoms with E-state index in [0.29, 0.717) is 33.8 Å². The molecule has 3 unspecified atom stereocenters. The molecule has 0 radical (unpaired) electrons. The number of hydrogen-bond donors (Lipinski definition) is 6. The number of carbonyl (C=O) groups excluding carboxylic acids is 2. The third-order valence-corrected chi connectivity index (χ3v) is 11.1. The number of carbonyl (C=O) groups is 2. The van der Waals surface area contributed by atoms with Crippen LogP contribution in [0.15, 0.2) is 114 Å². The van der Waals surface area contributed by atoms with Gasteiger partial charge in [0, 0.05) is 42.5 Å². The van der Waals surface area contributed by atoms with Crippen LogP contribution in [0.25, 0.3) is 0 Å². The fraction of sp³-hybridized carbons (Fsp3) is 0.360. The molecule has 8 nitrogen and oxygen atoms in total. The van der Waals surface area contributed by atoms with Crippen molar-refractivity contribution in [3.8, 4) is 34.5 Å². The fourth-order valence-electron chi connectivity index (χ4n) is 7.57. The second kappa shape index (κ2) is 26.0. The molecule has 6 rings (SSSR count). The van der Waals surface area contributed by atoms with Gasteiger partial charge in [0.15, 0.2) is 11.6 Å². The minimum atomic E-state index is -0.407. The summed E-state index contributed by atoms with van der Waals surface area (Å²) in [5.74, 6) is -0.638. The number of benzene rings is 4. The summed E-state index contributed by atoms with van der Waals surface area (Å²) in [6.07, 6.45) is 13.5. The molecule has 61 heavy (non-hydrogen) atoms. The van der Waals surface area contributed by atoms with Crippen molar-refractivity contribution >= 4 is 51.5 Å². The van der Waals surface area contributed by atoms with Gasteiger partial charge in [0.1, 0.15) is 45.6 Å². The van der Waals surface area contributed by atoms with Crippen LogP contribution in [0.2, 0.25) is 0 Å². The van der Waals surface area contributed by atoms with Crippen molar-refractivity contribution < 1.29 is 49.7 Å². The van der Waals surface area contributed by atoms with Gasteiger partial charge in [0.25, 0.3) is 0 Å². The van der Waals surface area contributed by atoms with E-state index in [2.05, 4.69) is 98.9 Å². The molecule has 327 valence electrons. The Kier molecular flexibility index (Phi) is 22.0. The average molecular weight is 1090 g/mol. The number of Topliss-reactive ketones (excluding diaryl/α,β-unsaturated/α-hetero) is 2. The van der Waals surface area contributed by atoms with Gasteiger partial charge in [-0.05, 0) is 80.8 Å². The van der Waals surface area contributed by atoms with E-state index in [4.69, 9.17) is 0 Å². The van der Waals surface area contributed by atoms with Crippen LogP contribution in [0, 0.1) is 23.7 Å². The first-order chi connectivity index (χ1) is 29.0. The van der Waals surface area contributed by atoms with Crippen LogP contribution in [0.5, 0.6) is 34.5 Å². The first kappa shape index (κ1) is 51.6. The van der Waals surface area contributed by atoms with Crippen LogP contribution < -0.4 is 0 Å². The first-order valence-electron chi connectivity index (χ1n) is 20.6. The van der Waals surface area contributed by atoms with Crippen LogP contribution >= 0.6 is 40.0 Å². The molecule has 0 aliphatic heterocycles. The normalized spacial score (nSPS) is 16.7. The Balaban J connectivity index is 0.000000264. The van der Waals surface area contributed by atoms with Crippen molar-refractivity contribution in [2.24, 2.45) is 23.7 Å². The summed E-state index contributed by atoms with van der Waals surface area (Å²) in [7, 11) is 0.628. The van der Waals surface area contributed by atoms with Crippen LogP contribution in [0.3, 0.4) is 0 Å². The van der Waals surface area contributed by atoms with E-state index in [1.807, 2.05) is 67.6 Å². The van der Waals surface area contributed by atoms with E-state index in [9.17, 15) is 40.2 Å². The molecule has 4 aromatic rings. The van der Waals surface area contributed by atoms with Gasteiger partial charge in [-0.1, -0.05) is 124 Å². The monoisotopic (exact) mass is 1090 g/mol. The molecule has 0 saturated carbocycles. The number of ketones is 2. The summed E-state index contributed by atoms with van der Waals surface area (Å²) in [6, 6.07) is 22.4. The molecule has 0 heterocycles. The molecule has 4 aromatic carbocycles. The van der Waals surface area contributed by atoms with E-state index in [1.54, 1.807) is 0 Å². The van der Waals surface area contributed by atoms with Gasteiger partial charge in [-0.2, -0.15) is 0 Å². The third-order valence-electron chi connectivity index (χ3n) is 11.1. The molecule has 3 atom stereocenters. The zero-order valence-electron chi connectivity index (χ0n) is 35.9. The predicted octanol–water partition coefficient (Wildman–Crippen LogP) is 13.3. The van der Waals surface area contributed by atoms with E-state index in [-0.39, 0.29) is 70.4 Å². The third kappa shape index (κ3) is 16.2. The van der Waals surface area contributed by atoms with Gasteiger partial charge in [-0.3, -0.25) is 9.59 Å². The molecule has 2 aliphatic carbocycles. The number of aromatic hydroxyl groups is 6. The number of allylic oxidation sites excluding steroid dienone is 6. The molecule has 11 heteroatoms. The fourth-order valence-corrected chi connectivity index (χ4v) is 7.57. The summed E-state index contributed by atoms with van der Waals surface area (Å²) in [4.78, 5) is 24.8. The van der Waals surface area contributed by atoms with Crippen LogP contribution in [-0.4, -0.2) is 42.2 Å². The molecule has 2 aliphatic rings. The number of phenolic OH excluding ortho intramolecular Hbond substituents is 6. The SMILES string of the molecule is CC1=CC(c2c(O)cc(O)c(C(=O)CCc3ccccc3)c2O)C(C(C)C)CC1.CC1=CCC(C(C)C)C=C1.O=C(CCc1ccccc1)c1c(O)cc(O)cc1O.[I][V][I]. The quantitative estimate of drug-likeness (QED) is 0.0493. The van der Waals surface area contributed by atoms with Crippen LogP contribution in [0.4, 0.5) is 0 Å². The van der Waals surface area contributed by atoms with E-state index < -0.39 is 11.5 Å². The van der Waals surface area contributed by atoms with Crippen molar-refractivity contribution in [1.82, 2.24) is 0 Å². The molecule has 0 spiro atoms. The van der Waals surface area contributed by atoms with Crippen molar-refractivity contribution in [2.75, 3.05) is 0 Å². The summed E-state index contributed by atoms with van der Waals surface area (Å²) < 4.78 is 0. The van der Waals surface area contributed by atoms with Gasteiger partial charge >= 0.3 is 49.4 Å². The Bertz CT molecular complexity index is 2110. The van der Waals surface area contributed by atoms with Crippen molar-refractivity contribution in [2.45, 2.75) is 92.4 Å². The molecule has 6 N–H and O–H groups in total. The maximum absolute atomic E-state index is 12.9. The Hall–Kier alpha value is -3.72. The number of hydrogen-bond acceptors (Lipinski definition) is 8. The molecule has 0 fully saturated rings. The van der Waals surface area contributed by atoms with Gasteiger partial charge in [0.2, 0.25) is 0 Å². The number of halogens is 2. The standard InChI is InChI=1S/C25H30O4.C15H14O4.C10H16.2HI.V/c1-15(2)18-11-9-16(3)13-19(18)23-21(27)14-22(28)24(25(23)29)20(26)12-10-17-7-5-4-6-8-17;16-11-8-13(18)15(14(19)9-11)12(17)7-6-10-4-2-1-3-5-10;1-8(2)10-6-4-9(3)5-7-10;;;/h4-8,13-15,18-19,27-29H,9-12H2,1-3H3;1-5,8-9,16,18-19H,6-7H2;4-6,8,10H,7H2,1-3H3;2*1H;/q;;;;;+2/p-2. The predicted molar refractivity (Wildman–Crippen MR) is 259 cm³/mol. The van der Waals surface area contributed by atoms with E-state index in [0.717, 1.165) is 47.9 Å². The molecular weight excluding hydrogens is 1030 g/mol. The summed E-state index contributed by atoms with van der Waals surface area (Å²) in [5.41, 5.74) is 4.76. The minimum absolute atomic E-state index is 0.0899. The van der Waals surface area contributed by atoms with Crippen molar-refractivity contribution in [3.05, 3.63) is 142 Å². The Morgan fingerprint density at radius 3 is 1.66 bits per heavy atom. The van der Waals surface area contributed by atoms with E-state index in [1.165, 1.54) is 23.6 Å². The Morgan fingerprint density at radius 2 is 1.20 bits per heavy atom. The second-order valence-electron chi connectivity index (χ2n) is 16.2. The van der Waals surface area contributed by atoms with Gasteiger partial charge in [-0.25, -0.2) is 0 Å². The molecular formula is C50H60I2O8V. The zero-order chi connectivity index (χ0) is 45.2. The van der Waals surface area contributed by atoms with Crippen molar-refractivity contribution in [3.63, 3.8) is 0 Å². The summed E-state index contributed by atoms with van der Waals surface area (Å²) >= 11 is 4.74. The summed E-state index contributed by atoms with van der Waals surface area (Å²) in [5, 5.41) is 60.3. The summed E-state index contributed by atoms with van der Waals surface area (Å²) in [6.45, 7) is 13.0. The molecule has 0 amide bonds. The molecule has 0 bridgehead atoms. The molecule has 0 saturated heterocycles. The number of phenols is 6. The van der Waals surface area contributed by atoms with Crippen molar-refractivity contribution in [1.29, 1.82) is 0 Å². The Labute approximate surface area is 390 Å². The topological polar surface area (TPSA) is 156 Å². The first-order valence-corrected chi connectivity index (χ1v) is 29.6. The zero-order valence-corrected chi connectivity index (χ0v) is 41.6. The maximum atomic E-state index is 12.9. The molecule has 0 aromatic heterocycles. The number of aryl methyl sites for hydroxylation is 2. The van der Waals surface area contributed by atoms with Crippen LogP contribution in [0.1, 0.15) is 117 Å². The second-order valence-corrected chi connectivity index (χ2v) is 28.0.